The lowest BCUT2D eigenvalue weighted by Gasteiger charge is -2.27. The number of aromatic hydroxyl groups is 2. The summed E-state index contributed by atoms with van der Waals surface area (Å²) in [4.78, 5) is 20.9. The number of pyridine rings is 3. The maximum Gasteiger partial charge on any atom is 0.124 e. The molecule has 6 rings (SSSR count). The minimum atomic E-state index is 0.359. The third kappa shape index (κ3) is 10.2. The molecule has 0 amide bonds. The van der Waals surface area contributed by atoms with Gasteiger partial charge in [0.15, 0.2) is 0 Å². The minimum Gasteiger partial charge on any atom is -0.507 e. The Kier molecular flexibility index (Phi) is 12.3. The predicted octanol–water partition coefficient (Wildman–Crippen LogP) is 5.87. The number of para-hydroxylation sites is 2. The Morgan fingerprint density at radius 2 is 0.898 bits per heavy atom. The fourth-order valence-electron chi connectivity index (χ4n) is 6.51. The lowest BCUT2D eigenvalue weighted by atomic mass is 10.1. The second kappa shape index (κ2) is 17.6. The van der Waals surface area contributed by atoms with Gasteiger partial charge in [-0.1, -0.05) is 54.6 Å². The standard InChI is InChI=1S/C40H47N7O2/c48-39-32-11-7-12-33(39)26-46(30-37-16-2-5-20-43-37)23-10-24-47(31-38-17-3-6-21-44-38)28-35-14-8-13-34(40(35)49)27-45(22-9-18-41-25-32)29-36-15-1-4-19-42-36/h1-8,11-17,19-21,41,48-49H,9-10,18,22-31H2. The van der Waals surface area contributed by atoms with Gasteiger partial charge in [0.2, 0.25) is 0 Å². The van der Waals surface area contributed by atoms with Crippen LogP contribution in [0, 0.1) is 0 Å². The molecule has 49 heavy (non-hydrogen) atoms. The number of aromatic nitrogens is 3. The molecule has 9 heteroatoms. The molecule has 9 nitrogen and oxygen atoms in total. The van der Waals surface area contributed by atoms with Crippen LogP contribution in [-0.4, -0.2) is 66.0 Å². The van der Waals surface area contributed by atoms with Crippen molar-refractivity contribution in [1.29, 1.82) is 0 Å². The lowest BCUT2D eigenvalue weighted by molar-refractivity contribution is 0.202. The second-order valence-electron chi connectivity index (χ2n) is 12.8. The molecule has 0 saturated heterocycles. The highest BCUT2D eigenvalue weighted by Crippen LogP contribution is 2.28. The Morgan fingerprint density at radius 1 is 0.490 bits per heavy atom. The summed E-state index contributed by atoms with van der Waals surface area (Å²) in [5.41, 5.74) is 6.64. The number of benzene rings is 2. The largest absolute Gasteiger partial charge is 0.507 e. The van der Waals surface area contributed by atoms with Crippen molar-refractivity contribution in [2.24, 2.45) is 0 Å². The van der Waals surface area contributed by atoms with Crippen LogP contribution in [0.3, 0.4) is 0 Å². The van der Waals surface area contributed by atoms with Crippen LogP contribution in [-0.2, 0) is 45.8 Å². The summed E-state index contributed by atoms with van der Waals surface area (Å²) in [7, 11) is 0. The van der Waals surface area contributed by atoms with Gasteiger partial charge in [0.1, 0.15) is 11.5 Å². The van der Waals surface area contributed by atoms with Gasteiger partial charge < -0.3 is 15.5 Å². The van der Waals surface area contributed by atoms with E-state index >= 15 is 0 Å². The summed E-state index contributed by atoms with van der Waals surface area (Å²) in [5.74, 6) is 0.718. The number of nitrogens with zero attached hydrogens (tertiary/aromatic N) is 6. The molecule has 3 aromatic heterocycles. The molecule has 4 heterocycles. The van der Waals surface area contributed by atoms with E-state index in [4.69, 9.17) is 0 Å². The Bertz CT molecular complexity index is 1720. The Hall–Kier alpha value is -4.67. The van der Waals surface area contributed by atoms with E-state index in [1.165, 1.54) is 0 Å². The van der Waals surface area contributed by atoms with E-state index in [9.17, 15) is 10.2 Å². The molecular weight excluding hydrogens is 610 g/mol. The maximum atomic E-state index is 11.6. The van der Waals surface area contributed by atoms with Gasteiger partial charge in [-0.15, -0.1) is 0 Å². The fraction of sp³-hybridized carbons (Fsp3) is 0.325. The Labute approximate surface area is 289 Å². The Morgan fingerprint density at radius 3 is 1.33 bits per heavy atom. The van der Waals surface area contributed by atoms with Crippen molar-refractivity contribution in [1.82, 2.24) is 35.0 Å². The van der Waals surface area contributed by atoms with E-state index in [0.29, 0.717) is 57.3 Å². The number of phenols is 2. The van der Waals surface area contributed by atoms with E-state index in [-0.39, 0.29) is 0 Å². The van der Waals surface area contributed by atoms with Crippen LogP contribution < -0.4 is 5.32 Å². The highest BCUT2D eigenvalue weighted by molar-refractivity contribution is 5.41. The number of phenolic OH excluding ortho intramolecular Hbond substituents is 2. The zero-order valence-corrected chi connectivity index (χ0v) is 28.2. The number of hydrogen-bond donors (Lipinski definition) is 3. The normalized spacial score (nSPS) is 16.2. The summed E-state index contributed by atoms with van der Waals surface area (Å²) >= 11 is 0. The van der Waals surface area contributed by atoms with E-state index in [1.807, 2.05) is 91.4 Å². The summed E-state index contributed by atoms with van der Waals surface area (Å²) in [5, 5.41) is 26.6. The van der Waals surface area contributed by atoms with Crippen LogP contribution in [0.15, 0.2) is 110 Å². The zero-order valence-electron chi connectivity index (χ0n) is 28.2. The molecule has 5 aromatic rings. The molecule has 0 aliphatic carbocycles. The van der Waals surface area contributed by atoms with Gasteiger partial charge in [-0.3, -0.25) is 29.7 Å². The molecule has 0 atom stereocenters. The summed E-state index contributed by atoms with van der Waals surface area (Å²) in [6.07, 6.45) is 7.29. The van der Waals surface area contributed by atoms with Crippen molar-refractivity contribution in [2.75, 3.05) is 26.2 Å². The first kappa shape index (κ1) is 34.2. The van der Waals surface area contributed by atoms with Crippen LogP contribution in [0.1, 0.15) is 52.2 Å². The van der Waals surface area contributed by atoms with Crippen molar-refractivity contribution >= 4 is 0 Å². The fourth-order valence-corrected chi connectivity index (χ4v) is 6.51. The first-order valence-electron chi connectivity index (χ1n) is 17.3. The second-order valence-corrected chi connectivity index (χ2v) is 12.8. The molecule has 1 aliphatic heterocycles. The first-order chi connectivity index (χ1) is 24.1. The molecule has 0 unspecified atom stereocenters. The molecule has 2 aromatic carbocycles. The average Bonchev–Trinajstić information content (AvgIpc) is 3.12. The number of nitrogens with one attached hydrogen (secondary N) is 1. The monoisotopic (exact) mass is 657 g/mol. The molecule has 0 fully saturated rings. The summed E-state index contributed by atoms with van der Waals surface area (Å²) < 4.78 is 0. The van der Waals surface area contributed by atoms with Crippen LogP contribution in [0.2, 0.25) is 0 Å². The van der Waals surface area contributed by atoms with Crippen molar-refractivity contribution in [2.45, 2.75) is 58.7 Å². The lowest BCUT2D eigenvalue weighted by Crippen LogP contribution is -2.30. The third-order valence-corrected chi connectivity index (χ3v) is 9.02. The van der Waals surface area contributed by atoms with Gasteiger partial charge in [0.05, 0.1) is 17.1 Å². The smallest absolute Gasteiger partial charge is 0.124 e. The molecule has 1 aliphatic rings. The quantitative estimate of drug-likeness (QED) is 0.207. The van der Waals surface area contributed by atoms with Crippen molar-refractivity contribution in [3.63, 3.8) is 0 Å². The van der Waals surface area contributed by atoms with Gasteiger partial charge in [-0.25, -0.2) is 0 Å². The van der Waals surface area contributed by atoms with E-state index in [2.05, 4.69) is 53.2 Å². The molecular formula is C40H47N7O2. The molecule has 0 spiro atoms. The molecule has 0 saturated carbocycles. The van der Waals surface area contributed by atoms with Gasteiger partial charge in [-0.05, 0) is 55.8 Å². The van der Waals surface area contributed by atoms with Crippen LogP contribution >= 0.6 is 0 Å². The topological polar surface area (TPSA) is 101 Å². The van der Waals surface area contributed by atoms with E-state index in [0.717, 1.165) is 78.4 Å². The molecule has 254 valence electrons. The maximum absolute atomic E-state index is 11.6. The van der Waals surface area contributed by atoms with Crippen molar-refractivity contribution in [3.8, 4) is 11.5 Å². The molecule has 4 bridgehead atoms. The number of rotatable bonds is 6. The number of fused-ring (bicyclic) bond motifs is 4. The SMILES string of the molecule is Oc1c2cccc1CN(Cc1ccccn1)CCCN(Cc1ccccn1)Cc1cccc(c1O)CN(Cc1ccccn1)CCCNC2. The first-order valence-corrected chi connectivity index (χ1v) is 17.3. The zero-order chi connectivity index (χ0) is 33.7. The molecule has 3 N–H and O–H groups in total. The van der Waals surface area contributed by atoms with E-state index in [1.54, 1.807) is 0 Å². The minimum absolute atomic E-state index is 0.359. The average molecular weight is 658 g/mol. The summed E-state index contributed by atoms with van der Waals surface area (Å²) in [6, 6.07) is 30.2. The van der Waals surface area contributed by atoms with Gasteiger partial charge >= 0.3 is 0 Å². The van der Waals surface area contributed by atoms with Crippen molar-refractivity contribution in [3.05, 3.63) is 149 Å². The van der Waals surface area contributed by atoms with Crippen molar-refractivity contribution < 1.29 is 10.2 Å². The predicted molar refractivity (Wildman–Crippen MR) is 192 cm³/mol. The molecule has 0 radical (unpaired) electrons. The number of hydrogen-bond acceptors (Lipinski definition) is 9. The van der Waals surface area contributed by atoms with Crippen LogP contribution in [0.5, 0.6) is 11.5 Å². The van der Waals surface area contributed by atoms with Crippen LogP contribution in [0.4, 0.5) is 0 Å². The third-order valence-electron chi connectivity index (χ3n) is 9.02. The van der Waals surface area contributed by atoms with Gasteiger partial charge in [0.25, 0.3) is 0 Å². The highest BCUT2D eigenvalue weighted by Gasteiger charge is 2.18. The van der Waals surface area contributed by atoms with Crippen LogP contribution in [0.25, 0.3) is 0 Å². The van der Waals surface area contributed by atoms with E-state index < -0.39 is 0 Å². The van der Waals surface area contributed by atoms with Gasteiger partial charge in [0, 0.05) is 106 Å². The Balaban J connectivity index is 1.28. The highest BCUT2D eigenvalue weighted by atomic mass is 16.3. The summed E-state index contributed by atoms with van der Waals surface area (Å²) in [6.45, 7) is 7.70. The van der Waals surface area contributed by atoms with Gasteiger partial charge in [-0.2, -0.15) is 0 Å².